The lowest BCUT2D eigenvalue weighted by Crippen LogP contribution is -2.59. The molecule has 6 heteroatoms. The Morgan fingerprint density at radius 3 is 2.14 bits per heavy atom. The van der Waals surface area contributed by atoms with Crippen LogP contribution in [0.1, 0.15) is 87.5 Å². The lowest BCUT2D eigenvalue weighted by atomic mass is 9.53. The minimum atomic E-state index is -0.724. The predicted molar refractivity (Wildman–Crippen MR) is 114 cm³/mol. The monoisotopic (exact) mass is 410 g/mol. The van der Waals surface area contributed by atoms with Gasteiger partial charge in [-0.2, -0.15) is 0 Å². The zero-order valence-electron chi connectivity index (χ0n) is 19.7. The van der Waals surface area contributed by atoms with Crippen molar-refractivity contribution in [2.24, 2.45) is 16.2 Å². The summed E-state index contributed by atoms with van der Waals surface area (Å²) in [5.74, 6) is -0.133. The molecule has 29 heavy (non-hydrogen) atoms. The first-order valence-electron chi connectivity index (χ1n) is 11.0. The van der Waals surface area contributed by atoms with Crippen LogP contribution in [0, 0.1) is 16.2 Å². The van der Waals surface area contributed by atoms with Gasteiger partial charge in [-0.25, -0.2) is 4.79 Å². The van der Waals surface area contributed by atoms with Crippen LogP contribution in [0.15, 0.2) is 0 Å². The molecule has 1 aliphatic heterocycles. The van der Waals surface area contributed by atoms with E-state index in [-0.39, 0.29) is 29.4 Å². The van der Waals surface area contributed by atoms with Crippen LogP contribution in [0.5, 0.6) is 0 Å². The van der Waals surface area contributed by atoms with Gasteiger partial charge in [0.1, 0.15) is 11.6 Å². The molecule has 1 heterocycles. The van der Waals surface area contributed by atoms with E-state index in [9.17, 15) is 14.7 Å². The van der Waals surface area contributed by atoms with Crippen molar-refractivity contribution in [2.45, 2.75) is 105 Å². The van der Waals surface area contributed by atoms with Crippen LogP contribution in [0.25, 0.3) is 0 Å². The average Bonchev–Trinajstić information content (AvgIpc) is 2.61. The van der Waals surface area contributed by atoms with Crippen LogP contribution in [0.2, 0.25) is 0 Å². The third kappa shape index (κ3) is 5.25. The lowest BCUT2D eigenvalue weighted by Gasteiger charge is -2.53. The van der Waals surface area contributed by atoms with Gasteiger partial charge in [-0.05, 0) is 62.7 Å². The molecular weight excluding hydrogens is 368 g/mol. The molecule has 2 fully saturated rings. The van der Waals surface area contributed by atoms with E-state index < -0.39 is 23.2 Å². The number of nitrogens with zero attached hydrogens (tertiary/aromatic N) is 1. The Balaban J connectivity index is 2.28. The number of nitrogens with one attached hydrogen (secondary N) is 1. The Kier molecular flexibility index (Phi) is 6.68. The van der Waals surface area contributed by atoms with Crippen LogP contribution in [0.3, 0.4) is 0 Å². The number of amides is 2. The van der Waals surface area contributed by atoms with Crippen molar-refractivity contribution in [1.82, 2.24) is 10.2 Å². The van der Waals surface area contributed by atoms with Crippen molar-refractivity contribution in [1.29, 1.82) is 0 Å². The van der Waals surface area contributed by atoms with E-state index in [0.29, 0.717) is 6.54 Å². The van der Waals surface area contributed by atoms with Crippen LogP contribution in [-0.2, 0) is 9.53 Å². The SMILES string of the molecule is CC(C)(C)OC(=O)N[C@H](C(=O)N1CC(C)(C)C2(CCC2)CC[C@H]1CO)C(C)(C)C. The second-order valence-corrected chi connectivity index (χ2v) is 11.8. The molecule has 0 aromatic heterocycles. The molecule has 0 unspecified atom stereocenters. The Morgan fingerprint density at radius 2 is 1.72 bits per heavy atom. The Labute approximate surface area is 176 Å². The molecule has 0 aromatic carbocycles. The molecule has 2 amide bonds. The first kappa shape index (κ1) is 24.0. The highest BCUT2D eigenvalue weighted by Gasteiger charge is 2.53. The standard InChI is InChI=1S/C23H42N2O4/c1-20(2,3)17(24-19(28)29-21(4,5)6)18(27)25-15-22(7,8)23(11-9-12-23)13-10-16(25)14-26/h16-17,26H,9-15H2,1-8H3,(H,24,28)/t16-,17+/m0/s1. The smallest absolute Gasteiger partial charge is 0.408 e. The van der Waals surface area contributed by atoms with E-state index in [1.54, 1.807) is 20.8 Å². The zero-order valence-corrected chi connectivity index (χ0v) is 19.7. The molecule has 1 spiro atoms. The number of likely N-dealkylation sites (tertiary alicyclic amines) is 1. The summed E-state index contributed by atoms with van der Waals surface area (Å²) in [5.41, 5.74) is -0.895. The first-order chi connectivity index (χ1) is 13.1. The van der Waals surface area contributed by atoms with E-state index >= 15 is 0 Å². The molecule has 2 aliphatic rings. The summed E-state index contributed by atoms with van der Waals surface area (Å²) >= 11 is 0. The largest absolute Gasteiger partial charge is 0.444 e. The van der Waals surface area contributed by atoms with Crippen LogP contribution >= 0.6 is 0 Å². The maximum atomic E-state index is 13.7. The van der Waals surface area contributed by atoms with Crippen LogP contribution in [-0.4, -0.2) is 52.8 Å². The van der Waals surface area contributed by atoms with Gasteiger partial charge in [0.05, 0.1) is 12.6 Å². The highest BCUT2D eigenvalue weighted by molar-refractivity contribution is 5.87. The molecule has 2 N–H and O–H groups in total. The fourth-order valence-corrected chi connectivity index (χ4v) is 4.88. The summed E-state index contributed by atoms with van der Waals surface area (Å²) in [6, 6.07) is -0.940. The number of carbonyl (C=O) groups excluding carboxylic acids is 2. The van der Waals surface area contributed by atoms with Crippen molar-refractivity contribution < 1.29 is 19.4 Å². The molecule has 168 valence electrons. The van der Waals surface area contributed by atoms with Crippen molar-refractivity contribution in [3.8, 4) is 0 Å². The topological polar surface area (TPSA) is 78.9 Å². The first-order valence-corrected chi connectivity index (χ1v) is 11.0. The quantitative estimate of drug-likeness (QED) is 0.734. The molecule has 6 nitrogen and oxygen atoms in total. The average molecular weight is 411 g/mol. The lowest BCUT2D eigenvalue weighted by molar-refractivity contribution is -0.142. The number of hydrogen-bond acceptors (Lipinski definition) is 4. The molecular formula is C23H42N2O4. The van der Waals surface area contributed by atoms with Crippen molar-refractivity contribution >= 4 is 12.0 Å². The van der Waals surface area contributed by atoms with Gasteiger partial charge in [0.25, 0.3) is 0 Å². The summed E-state index contributed by atoms with van der Waals surface area (Å²) < 4.78 is 5.41. The minimum absolute atomic E-state index is 0.0286. The zero-order chi connectivity index (χ0) is 22.3. The van der Waals surface area contributed by atoms with Crippen molar-refractivity contribution in [3.05, 3.63) is 0 Å². The highest BCUT2D eigenvalue weighted by Crippen LogP contribution is 2.58. The Bertz CT molecular complexity index is 611. The third-order valence-corrected chi connectivity index (χ3v) is 6.98. The van der Waals surface area contributed by atoms with E-state index in [0.717, 1.165) is 12.8 Å². The number of alkyl carbamates (subject to hydrolysis) is 1. The molecule has 0 aromatic rings. The molecule has 1 saturated heterocycles. The number of ether oxygens (including phenoxy) is 1. The van der Waals surface area contributed by atoms with Crippen LogP contribution in [0.4, 0.5) is 4.79 Å². The maximum absolute atomic E-state index is 13.7. The second-order valence-electron chi connectivity index (χ2n) is 11.8. The van der Waals surface area contributed by atoms with Gasteiger partial charge in [-0.1, -0.05) is 41.0 Å². The Morgan fingerprint density at radius 1 is 1.14 bits per heavy atom. The molecule has 1 saturated carbocycles. The van der Waals surface area contributed by atoms with Crippen LogP contribution < -0.4 is 5.32 Å². The highest BCUT2D eigenvalue weighted by atomic mass is 16.6. The predicted octanol–water partition coefficient (Wildman–Crippen LogP) is 4.11. The summed E-state index contributed by atoms with van der Waals surface area (Å²) in [7, 11) is 0. The number of carbonyl (C=O) groups is 2. The van der Waals surface area contributed by atoms with Gasteiger partial charge in [-0.3, -0.25) is 4.79 Å². The van der Waals surface area contributed by atoms with Gasteiger partial charge in [0.15, 0.2) is 0 Å². The summed E-state index contributed by atoms with van der Waals surface area (Å²) in [6.07, 6.45) is 4.88. The Hall–Kier alpha value is -1.30. The van der Waals surface area contributed by atoms with Gasteiger partial charge in [0, 0.05) is 6.54 Å². The summed E-state index contributed by atoms with van der Waals surface area (Å²) in [5, 5.41) is 12.9. The van der Waals surface area contributed by atoms with Crippen molar-refractivity contribution in [3.63, 3.8) is 0 Å². The molecule has 0 bridgehead atoms. The third-order valence-electron chi connectivity index (χ3n) is 6.98. The summed E-state index contributed by atoms with van der Waals surface area (Å²) in [6.45, 7) is 16.3. The molecule has 0 radical (unpaired) electrons. The number of aliphatic hydroxyl groups is 1. The van der Waals surface area contributed by atoms with Gasteiger partial charge >= 0.3 is 6.09 Å². The number of aliphatic hydroxyl groups excluding tert-OH is 1. The van der Waals surface area contributed by atoms with Crippen molar-refractivity contribution in [2.75, 3.05) is 13.2 Å². The van der Waals surface area contributed by atoms with E-state index in [2.05, 4.69) is 19.2 Å². The van der Waals surface area contributed by atoms with Gasteiger partial charge < -0.3 is 20.1 Å². The maximum Gasteiger partial charge on any atom is 0.408 e. The fourth-order valence-electron chi connectivity index (χ4n) is 4.88. The fraction of sp³-hybridized carbons (Fsp3) is 0.913. The second kappa shape index (κ2) is 8.09. The molecule has 1 aliphatic carbocycles. The number of hydrogen-bond donors (Lipinski definition) is 2. The molecule has 2 atom stereocenters. The summed E-state index contributed by atoms with van der Waals surface area (Å²) in [4.78, 5) is 28.0. The normalized spacial score (nSPS) is 25.0. The van der Waals surface area contributed by atoms with E-state index in [1.165, 1.54) is 19.3 Å². The number of rotatable bonds is 3. The van der Waals surface area contributed by atoms with E-state index in [1.807, 2.05) is 25.7 Å². The van der Waals surface area contributed by atoms with E-state index in [4.69, 9.17) is 4.74 Å². The molecule has 2 rings (SSSR count). The minimum Gasteiger partial charge on any atom is -0.444 e. The van der Waals surface area contributed by atoms with Gasteiger partial charge in [-0.15, -0.1) is 0 Å². The van der Waals surface area contributed by atoms with Gasteiger partial charge in [0.2, 0.25) is 5.91 Å².